The van der Waals surface area contributed by atoms with Gasteiger partial charge in [0, 0.05) is 24.5 Å². The Balaban J connectivity index is 1.46. The number of rotatable bonds is 4. The van der Waals surface area contributed by atoms with Crippen LogP contribution in [0.25, 0.3) is 11.1 Å². The summed E-state index contributed by atoms with van der Waals surface area (Å²) in [6.45, 7) is 9.74. The van der Waals surface area contributed by atoms with Gasteiger partial charge in [0.05, 0.1) is 10.9 Å². The Bertz CT molecular complexity index is 1130. The number of nitrogens with one attached hydrogen (secondary N) is 1. The van der Waals surface area contributed by atoms with Crippen LogP contribution in [0.2, 0.25) is 0 Å². The number of carbonyl (C=O) groups excluding carboxylic acids is 1. The highest BCUT2D eigenvalue weighted by atomic mass is 16.3. The summed E-state index contributed by atoms with van der Waals surface area (Å²) in [5.41, 5.74) is 4.99. The summed E-state index contributed by atoms with van der Waals surface area (Å²) in [5.74, 6) is 1.68. The number of furan rings is 1. The fraction of sp³-hybridized carbons (Fsp3) is 0.458. The van der Waals surface area contributed by atoms with E-state index < -0.39 is 0 Å². The maximum Gasteiger partial charge on any atom is 0.258 e. The molecule has 1 aliphatic heterocycles. The number of nitrogens with zero attached hydrogens (tertiary/aromatic N) is 3. The summed E-state index contributed by atoms with van der Waals surface area (Å²) in [4.78, 5) is 24.2. The Hall–Kier alpha value is -2.89. The third kappa shape index (κ3) is 3.34. The molecule has 3 aromatic rings. The van der Waals surface area contributed by atoms with Crippen LogP contribution in [0.3, 0.4) is 0 Å². The smallest absolute Gasteiger partial charge is 0.258 e. The Kier molecular flexibility index (Phi) is 4.34. The van der Waals surface area contributed by atoms with Crippen molar-refractivity contribution in [2.24, 2.45) is 0 Å². The number of amides is 1. The molecule has 1 unspecified atom stereocenters. The lowest BCUT2D eigenvalue weighted by atomic mass is 9.95. The lowest BCUT2D eigenvalue weighted by molar-refractivity contribution is 0.0790. The highest BCUT2D eigenvalue weighted by Crippen LogP contribution is 2.40. The molecule has 0 radical (unpaired) electrons. The molecule has 30 heavy (non-hydrogen) atoms. The standard InChI is InChI=1S/C24H28N4O2/c1-14-9-15(2)11-18(10-14)17-5-8-28(12-17)23(29)19-16(3)30-22-20(19)21(25-13-26-22)27-24(4)6-7-24/h9-11,13,17H,5-8,12H2,1-4H3,(H,25,26,27). The van der Waals surface area contributed by atoms with E-state index >= 15 is 0 Å². The summed E-state index contributed by atoms with van der Waals surface area (Å²) >= 11 is 0. The van der Waals surface area contributed by atoms with Crippen molar-refractivity contribution in [2.75, 3.05) is 18.4 Å². The van der Waals surface area contributed by atoms with Gasteiger partial charge in [0.1, 0.15) is 17.9 Å². The van der Waals surface area contributed by atoms with Crippen molar-refractivity contribution in [1.29, 1.82) is 0 Å². The molecule has 1 amide bonds. The Morgan fingerprint density at radius 2 is 1.90 bits per heavy atom. The van der Waals surface area contributed by atoms with Gasteiger partial charge >= 0.3 is 0 Å². The first kappa shape index (κ1) is 19.1. The van der Waals surface area contributed by atoms with Crippen LogP contribution in [0.5, 0.6) is 0 Å². The lowest BCUT2D eigenvalue weighted by Crippen LogP contribution is -2.29. The molecule has 5 rings (SSSR count). The molecule has 1 atom stereocenters. The van der Waals surface area contributed by atoms with Gasteiger partial charge in [-0.2, -0.15) is 0 Å². The minimum Gasteiger partial charge on any atom is -0.442 e. The van der Waals surface area contributed by atoms with Crippen LogP contribution in [0.15, 0.2) is 28.9 Å². The largest absolute Gasteiger partial charge is 0.442 e. The number of hydrogen-bond acceptors (Lipinski definition) is 5. The maximum atomic E-state index is 13.6. The molecule has 156 valence electrons. The molecule has 2 aliphatic rings. The summed E-state index contributed by atoms with van der Waals surface area (Å²) in [6.07, 6.45) is 4.67. The van der Waals surface area contributed by atoms with Gasteiger partial charge in [-0.25, -0.2) is 9.97 Å². The molecule has 1 saturated heterocycles. The van der Waals surface area contributed by atoms with Crippen molar-refractivity contribution < 1.29 is 9.21 Å². The molecular weight excluding hydrogens is 376 g/mol. The molecule has 3 heterocycles. The average Bonchev–Trinajstić information content (AvgIpc) is 3.10. The molecule has 6 heteroatoms. The van der Waals surface area contributed by atoms with E-state index in [2.05, 4.69) is 54.3 Å². The predicted octanol–water partition coefficient (Wildman–Crippen LogP) is 4.74. The Morgan fingerprint density at radius 1 is 1.17 bits per heavy atom. The van der Waals surface area contributed by atoms with E-state index in [-0.39, 0.29) is 11.4 Å². The number of aryl methyl sites for hydroxylation is 3. The van der Waals surface area contributed by atoms with Gasteiger partial charge in [-0.15, -0.1) is 0 Å². The van der Waals surface area contributed by atoms with E-state index in [9.17, 15) is 4.79 Å². The molecule has 1 aromatic carbocycles. The van der Waals surface area contributed by atoms with Gasteiger partial charge < -0.3 is 14.6 Å². The highest BCUT2D eigenvalue weighted by molar-refractivity contribution is 6.10. The van der Waals surface area contributed by atoms with Crippen LogP contribution in [0, 0.1) is 20.8 Å². The average molecular weight is 405 g/mol. The third-order valence-electron chi connectivity index (χ3n) is 6.49. The quantitative estimate of drug-likeness (QED) is 0.680. The van der Waals surface area contributed by atoms with Gasteiger partial charge in [-0.3, -0.25) is 4.79 Å². The van der Waals surface area contributed by atoms with E-state index in [0.717, 1.165) is 32.4 Å². The first-order valence-corrected chi connectivity index (χ1v) is 10.7. The van der Waals surface area contributed by atoms with Crippen molar-refractivity contribution in [3.8, 4) is 0 Å². The topological polar surface area (TPSA) is 71.3 Å². The highest BCUT2D eigenvalue weighted by Gasteiger charge is 2.39. The number of likely N-dealkylation sites (tertiary alicyclic amines) is 1. The fourth-order valence-corrected chi connectivity index (χ4v) is 4.62. The van der Waals surface area contributed by atoms with Crippen LogP contribution < -0.4 is 5.32 Å². The van der Waals surface area contributed by atoms with E-state index in [4.69, 9.17) is 4.42 Å². The van der Waals surface area contributed by atoms with Gasteiger partial charge in [-0.05, 0) is 52.5 Å². The number of fused-ring (bicyclic) bond motifs is 1. The summed E-state index contributed by atoms with van der Waals surface area (Å²) < 4.78 is 5.86. The maximum absolute atomic E-state index is 13.6. The van der Waals surface area contributed by atoms with Crippen molar-refractivity contribution in [2.45, 2.75) is 58.4 Å². The first-order chi connectivity index (χ1) is 14.3. The number of aromatic nitrogens is 2. The second-order valence-corrected chi connectivity index (χ2v) is 9.28. The van der Waals surface area contributed by atoms with Crippen molar-refractivity contribution in [1.82, 2.24) is 14.9 Å². The second kappa shape index (κ2) is 6.83. The van der Waals surface area contributed by atoms with Gasteiger partial charge in [0.15, 0.2) is 0 Å². The van der Waals surface area contributed by atoms with Crippen LogP contribution in [-0.4, -0.2) is 39.4 Å². The van der Waals surface area contributed by atoms with E-state index in [1.54, 1.807) is 0 Å². The normalized spacial score (nSPS) is 20.0. The second-order valence-electron chi connectivity index (χ2n) is 9.28. The van der Waals surface area contributed by atoms with Crippen molar-refractivity contribution in [3.63, 3.8) is 0 Å². The first-order valence-electron chi connectivity index (χ1n) is 10.7. The Morgan fingerprint density at radius 3 is 2.60 bits per heavy atom. The van der Waals surface area contributed by atoms with E-state index in [0.29, 0.717) is 34.2 Å². The zero-order valence-corrected chi connectivity index (χ0v) is 18.1. The molecule has 0 spiro atoms. The number of anilines is 1. The van der Waals surface area contributed by atoms with Crippen LogP contribution in [0.4, 0.5) is 5.82 Å². The summed E-state index contributed by atoms with van der Waals surface area (Å²) in [7, 11) is 0. The Labute approximate surface area is 176 Å². The predicted molar refractivity (Wildman–Crippen MR) is 117 cm³/mol. The number of hydrogen-bond donors (Lipinski definition) is 1. The van der Waals surface area contributed by atoms with Gasteiger partial charge in [0.2, 0.25) is 5.71 Å². The van der Waals surface area contributed by atoms with Crippen LogP contribution in [-0.2, 0) is 0 Å². The zero-order valence-electron chi connectivity index (χ0n) is 18.1. The number of benzene rings is 1. The summed E-state index contributed by atoms with van der Waals surface area (Å²) in [5, 5.41) is 4.21. The summed E-state index contributed by atoms with van der Waals surface area (Å²) in [6, 6.07) is 6.68. The van der Waals surface area contributed by atoms with E-state index in [1.165, 1.54) is 23.0 Å². The molecule has 1 N–H and O–H groups in total. The molecule has 2 fully saturated rings. The molecule has 1 saturated carbocycles. The van der Waals surface area contributed by atoms with E-state index in [1.807, 2.05) is 11.8 Å². The van der Waals surface area contributed by atoms with Crippen LogP contribution >= 0.6 is 0 Å². The minimum atomic E-state index is 0.0110. The number of carbonyl (C=O) groups is 1. The molecule has 2 aromatic heterocycles. The molecular formula is C24H28N4O2. The van der Waals surface area contributed by atoms with Crippen molar-refractivity contribution >= 4 is 22.8 Å². The molecule has 0 bridgehead atoms. The SMILES string of the molecule is Cc1cc(C)cc(C2CCN(C(=O)c3c(C)oc4ncnc(NC5(C)CC5)c34)C2)c1. The fourth-order valence-electron chi connectivity index (χ4n) is 4.62. The zero-order chi connectivity index (χ0) is 21.0. The van der Waals surface area contributed by atoms with Crippen molar-refractivity contribution in [3.05, 3.63) is 52.5 Å². The van der Waals surface area contributed by atoms with Gasteiger partial charge in [0.25, 0.3) is 5.91 Å². The third-order valence-corrected chi connectivity index (χ3v) is 6.49. The minimum absolute atomic E-state index is 0.0110. The molecule has 6 nitrogen and oxygen atoms in total. The van der Waals surface area contributed by atoms with Crippen LogP contribution in [0.1, 0.15) is 64.9 Å². The molecule has 1 aliphatic carbocycles. The lowest BCUT2D eigenvalue weighted by Gasteiger charge is -2.18. The monoisotopic (exact) mass is 404 g/mol. The van der Waals surface area contributed by atoms with Gasteiger partial charge in [-0.1, -0.05) is 29.3 Å².